The first-order valence-corrected chi connectivity index (χ1v) is 7.60. The van der Waals surface area contributed by atoms with E-state index < -0.39 is 5.41 Å². The second kappa shape index (κ2) is 5.75. The third-order valence-electron chi connectivity index (χ3n) is 4.47. The second-order valence-corrected chi connectivity index (χ2v) is 6.62. The molecule has 0 bridgehead atoms. The SMILES string of the molecule is CC1(NC(=O)C2(C(N)=S)CCCCC2)CCCOC1. The minimum Gasteiger partial charge on any atom is -0.392 e. The van der Waals surface area contributed by atoms with Crippen LogP contribution in [0.5, 0.6) is 0 Å². The predicted octanol–water partition coefficient (Wildman–Crippen LogP) is 1.91. The lowest BCUT2D eigenvalue weighted by Gasteiger charge is -2.40. The van der Waals surface area contributed by atoms with Gasteiger partial charge in [-0.25, -0.2) is 0 Å². The highest BCUT2D eigenvalue weighted by Gasteiger charge is 2.44. The molecule has 1 saturated heterocycles. The molecule has 19 heavy (non-hydrogen) atoms. The van der Waals surface area contributed by atoms with E-state index in [1.165, 1.54) is 0 Å². The average Bonchev–Trinajstić information content (AvgIpc) is 2.39. The molecule has 1 heterocycles. The van der Waals surface area contributed by atoms with E-state index in [1.54, 1.807) is 0 Å². The Morgan fingerprint density at radius 1 is 1.21 bits per heavy atom. The fourth-order valence-corrected chi connectivity index (χ4v) is 3.46. The maximum Gasteiger partial charge on any atom is 0.233 e. The van der Waals surface area contributed by atoms with E-state index in [0.717, 1.165) is 51.6 Å². The summed E-state index contributed by atoms with van der Waals surface area (Å²) in [6.07, 6.45) is 6.72. The van der Waals surface area contributed by atoms with E-state index in [-0.39, 0.29) is 11.4 Å². The van der Waals surface area contributed by atoms with E-state index >= 15 is 0 Å². The normalized spacial score (nSPS) is 30.6. The lowest BCUT2D eigenvalue weighted by molar-refractivity contribution is -0.132. The van der Waals surface area contributed by atoms with Crippen molar-refractivity contribution in [3.63, 3.8) is 0 Å². The standard InChI is InChI=1S/C14H24N2O2S/c1-13(6-5-9-18-10-13)16-12(17)14(11(15)19)7-3-2-4-8-14/h2-10H2,1H3,(H2,15,19)(H,16,17). The van der Waals surface area contributed by atoms with Gasteiger partial charge in [-0.2, -0.15) is 0 Å². The monoisotopic (exact) mass is 284 g/mol. The van der Waals surface area contributed by atoms with Crippen molar-refractivity contribution in [2.75, 3.05) is 13.2 Å². The highest BCUT2D eigenvalue weighted by Crippen LogP contribution is 2.37. The number of nitrogens with one attached hydrogen (secondary N) is 1. The smallest absolute Gasteiger partial charge is 0.233 e. The Kier molecular flexibility index (Phi) is 4.46. The molecule has 2 aliphatic rings. The van der Waals surface area contributed by atoms with Crippen LogP contribution in [0.3, 0.4) is 0 Å². The quantitative estimate of drug-likeness (QED) is 0.777. The topological polar surface area (TPSA) is 64.4 Å². The third-order valence-corrected chi connectivity index (χ3v) is 4.86. The maximum absolute atomic E-state index is 12.7. The van der Waals surface area contributed by atoms with Crippen LogP contribution in [0.4, 0.5) is 0 Å². The number of amides is 1. The van der Waals surface area contributed by atoms with Crippen LogP contribution in [0.1, 0.15) is 51.9 Å². The average molecular weight is 284 g/mol. The molecule has 108 valence electrons. The number of thiocarbonyl (C=S) groups is 1. The lowest BCUT2D eigenvalue weighted by atomic mass is 9.72. The predicted molar refractivity (Wildman–Crippen MR) is 78.9 cm³/mol. The number of carbonyl (C=O) groups excluding carboxylic acids is 1. The number of hydrogen-bond acceptors (Lipinski definition) is 3. The van der Waals surface area contributed by atoms with Gasteiger partial charge >= 0.3 is 0 Å². The van der Waals surface area contributed by atoms with Crippen molar-refractivity contribution in [1.29, 1.82) is 0 Å². The molecule has 2 rings (SSSR count). The van der Waals surface area contributed by atoms with Gasteiger partial charge in [-0.05, 0) is 32.6 Å². The van der Waals surface area contributed by atoms with Gasteiger partial charge in [0.05, 0.1) is 22.5 Å². The van der Waals surface area contributed by atoms with Gasteiger partial charge in [-0.1, -0.05) is 31.5 Å². The molecule has 0 aromatic rings. The first-order chi connectivity index (χ1) is 8.99. The first-order valence-electron chi connectivity index (χ1n) is 7.19. The molecule has 1 aliphatic heterocycles. The fraction of sp³-hybridized carbons (Fsp3) is 0.857. The summed E-state index contributed by atoms with van der Waals surface area (Å²) in [5.41, 5.74) is 4.99. The van der Waals surface area contributed by atoms with Crippen molar-refractivity contribution in [2.24, 2.45) is 11.1 Å². The van der Waals surface area contributed by atoms with E-state index in [2.05, 4.69) is 5.32 Å². The Hall–Kier alpha value is -0.680. The zero-order valence-electron chi connectivity index (χ0n) is 11.7. The molecule has 5 heteroatoms. The fourth-order valence-electron chi connectivity index (χ4n) is 3.17. The number of ether oxygens (including phenoxy) is 1. The number of carbonyl (C=O) groups is 1. The second-order valence-electron chi connectivity index (χ2n) is 6.18. The molecular formula is C14H24N2O2S. The Labute approximate surface area is 120 Å². The Balaban J connectivity index is 2.09. The summed E-state index contributed by atoms with van der Waals surface area (Å²) < 4.78 is 5.49. The Morgan fingerprint density at radius 2 is 1.89 bits per heavy atom. The van der Waals surface area contributed by atoms with Crippen molar-refractivity contribution < 1.29 is 9.53 Å². The third kappa shape index (κ3) is 3.08. The summed E-state index contributed by atoms with van der Waals surface area (Å²) in [5.74, 6) is 0.00713. The molecular weight excluding hydrogens is 260 g/mol. The van der Waals surface area contributed by atoms with Gasteiger partial charge in [-0.15, -0.1) is 0 Å². The van der Waals surface area contributed by atoms with Crippen molar-refractivity contribution in [1.82, 2.24) is 5.32 Å². The Morgan fingerprint density at radius 3 is 2.42 bits per heavy atom. The van der Waals surface area contributed by atoms with Gasteiger partial charge in [0.15, 0.2) is 0 Å². The van der Waals surface area contributed by atoms with Crippen molar-refractivity contribution in [3.05, 3.63) is 0 Å². The summed E-state index contributed by atoms with van der Waals surface area (Å²) >= 11 is 5.19. The molecule has 0 spiro atoms. The minimum atomic E-state index is -0.631. The van der Waals surface area contributed by atoms with E-state index in [4.69, 9.17) is 22.7 Å². The molecule has 4 nitrogen and oxygen atoms in total. The van der Waals surface area contributed by atoms with Gasteiger partial charge in [0.2, 0.25) is 5.91 Å². The first kappa shape index (κ1) is 14.7. The zero-order valence-corrected chi connectivity index (χ0v) is 12.5. The van der Waals surface area contributed by atoms with Crippen molar-refractivity contribution in [3.8, 4) is 0 Å². The zero-order chi connectivity index (χ0) is 13.9. The van der Waals surface area contributed by atoms with Gasteiger partial charge in [0.25, 0.3) is 0 Å². The summed E-state index contributed by atoms with van der Waals surface area (Å²) in [6.45, 7) is 3.40. The van der Waals surface area contributed by atoms with Crippen LogP contribution in [0, 0.1) is 5.41 Å². The van der Waals surface area contributed by atoms with Crippen LogP contribution in [0.15, 0.2) is 0 Å². The van der Waals surface area contributed by atoms with E-state index in [0.29, 0.717) is 11.6 Å². The van der Waals surface area contributed by atoms with Crippen LogP contribution in [0.2, 0.25) is 0 Å². The number of hydrogen-bond donors (Lipinski definition) is 2. The molecule has 0 aromatic heterocycles. The highest BCUT2D eigenvalue weighted by molar-refractivity contribution is 7.80. The number of rotatable bonds is 3. The van der Waals surface area contributed by atoms with Crippen LogP contribution >= 0.6 is 12.2 Å². The van der Waals surface area contributed by atoms with Crippen LogP contribution < -0.4 is 11.1 Å². The molecule has 2 fully saturated rings. The molecule has 1 unspecified atom stereocenters. The summed E-state index contributed by atoms with van der Waals surface area (Å²) in [5, 5.41) is 3.16. The molecule has 1 aliphatic carbocycles. The molecule has 1 amide bonds. The molecule has 1 saturated carbocycles. The minimum absolute atomic E-state index is 0.00713. The molecule has 1 atom stereocenters. The summed E-state index contributed by atoms with van der Waals surface area (Å²) in [7, 11) is 0. The maximum atomic E-state index is 12.7. The van der Waals surface area contributed by atoms with Gasteiger partial charge in [0.1, 0.15) is 0 Å². The van der Waals surface area contributed by atoms with Crippen molar-refractivity contribution >= 4 is 23.1 Å². The van der Waals surface area contributed by atoms with Crippen LogP contribution in [0.25, 0.3) is 0 Å². The van der Waals surface area contributed by atoms with Crippen LogP contribution in [-0.2, 0) is 9.53 Å². The summed E-state index contributed by atoms with van der Waals surface area (Å²) in [6, 6.07) is 0. The largest absolute Gasteiger partial charge is 0.392 e. The van der Waals surface area contributed by atoms with Gasteiger partial charge in [0, 0.05) is 6.61 Å². The van der Waals surface area contributed by atoms with E-state index in [1.807, 2.05) is 6.92 Å². The highest BCUT2D eigenvalue weighted by atomic mass is 32.1. The Bertz CT molecular complexity index is 358. The molecule has 0 radical (unpaired) electrons. The van der Waals surface area contributed by atoms with Gasteiger partial charge in [-0.3, -0.25) is 4.79 Å². The van der Waals surface area contributed by atoms with Crippen molar-refractivity contribution in [2.45, 2.75) is 57.4 Å². The van der Waals surface area contributed by atoms with Gasteiger partial charge < -0.3 is 15.8 Å². The number of nitrogens with two attached hydrogens (primary N) is 1. The van der Waals surface area contributed by atoms with Crippen LogP contribution in [-0.4, -0.2) is 29.6 Å². The van der Waals surface area contributed by atoms with E-state index in [9.17, 15) is 4.79 Å². The molecule has 3 N–H and O–H groups in total. The lowest BCUT2D eigenvalue weighted by Crippen LogP contribution is -2.59. The molecule has 0 aromatic carbocycles. The summed E-state index contributed by atoms with van der Waals surface area (Å²) in [4.78, 5) is 13.1.